The van der Waals surface area contributed by atoms with Crippen molar-refractivity contribution in [2.75, 3.05) is 13.6 Å². The molecule has 1 N–H and O–H groups in total. The van der Waals surface area contributed by atoms with Gasteiger partial charge in [0.15, 0.2) is 0 Å². The summed E-state index contributed by atoms with van der Waals surface area (Å²) in [4.78, 5) is 2.41. The second-order valence-electron chi connectivity index (χ2n) is 4.38. The molecule has 0 aromatic rings. The van der Waals surface area contributed by atoms with Gasteiger partial charge in [-0.2, -0.15) is 0 Å². The molecule has 12 heavy (non-hydrogen) atoms. The topological polar surface area (TPSA) is 15.3 Å². The highest BCUT2D eigenvalue weighted by atomic mass is 15.2. The summed E-state index contributed by atoms with van der Waals surface area (Å²) in [5.41, 5.74) is 0. The standard InChI is InChI=1S/C10H22N2/c1-8(2)12(4)7-10-6-5-9(3)11-10/h8-11H,5-7H2,1-4H3. The fraction of sp³-hybridized carbons (Fsp3) is 1.00. The molecule has 72 valence electrons. The second kappa shape index (κ2) is 4.24. The molecule has 1 aliphatic rings. The average Bonchev–Trinajstić information content (AvgIpc) is 2.35. The first-order chi connectivity index (χ1) is 5.59. The Morgan fingerprint density at radius 2 is 2.08 bits per heavy atom. The minimum Gasteiger partial charge on any atom is -0.310 e. The van der Waals surface area contributed by atoms with E-state index >= 15 is 0 Å². The third-order valence-corrected chi connectivity index (χ3v) is 2.86. The summed E-state index contributed by atoms with van der Waals surface area (Å²) in [5, 5.41) is 3.60. The van der Waals surface area contributed by atoms with E-state index in [0.29, 0.717) is 6.04 Å². The minimum atomic E-state index is 0.669. The Labute approximate surface area is 76.3 Å². The fourth-order valence-corrected chi connectivity index (χ4v) is 1.72. The van der Waals surface area contributed by atoms with E-state index in [1.807, 2.05) is 0 Å². The maximum atomic E-state index is 3.60. The first kappa shape index (κ1) is 10.0. The smallest absolute Gasteiger partial charge is 0.0198 e. The quantitative estimate of drug-likeness (QED) is 0.690. The van der Waals surface area contributed by atoms with E-state index < -0.39 is 0 Å². The van der Waals surface area contributed by atoms with E-state index in [-0.39, 0.29) is 0 Å². The molecule has 0 bridgehead atoms. The summed E-state index contributed by atoms with van der Waals surface area (Å²) in [6.07, 6.45) is 2.69. The van der Waals surface area contributed by atoms with E-state index in [4.69, 9.17) is 0 Å². The van der Waals surface area contributed by atoms with Crippen molar-refractivity contribution in [1.29, 1.82) is 0 Å². The van der Waals surface area contributed by atoms with Crippen molar-refractivity contribution in [1.82, 2.24) is 10.2 Å². The van der Waals surface area contributed by atoms with E-state index in [9.17, 15) is 0 Å². The molecule has 0 radical (unpaired) electrons. The van der Waals surface area contributed by atoms with Crippen LogP contribution in [-0.2, 0) is 0 Å². The van der Waals surface area contributed by atoms with Crippen LogP contribution >= 0.6 is 0 Å². The number of hydrogen-bond acceptors (Lipinski definition) is 2. The Kier molecular flexibility index (Phi) is 3.53. The van der Waals surface area contributed by atoms with Crippen LogP contribution < -0.4 is 5.32 Å². The van der Waals surface area contributed by atoms with Gasteiger partial charge in [-0.25, -0.2) is 0 Å². The molecule has 0 amide bonds. The number of likely N-dealkylation sites (N-methyl/N-ethyl adjacent to an activating group) is 1. The van der Waals surface area contributed by atoms with Crippen LogP contribution in [0.15, 0.2) is 0 Å². The van der Waals surface area contributed by atoms with Crippen molar-refractivity contribution in [2.24, 2.45) is 0 Å². The summed E-state index contributed by atoms with van der Waals surface area (Å²) in [6.45, 7) is 7.97. The van der Waals surface area contributed by atoms with Crippen LogP contribution in [-0.4, -0.2) is 36.6 Å². The van der Waals surface area contributed by atoms with E-state index in [1.54, 1.807) is 0 Å². The predicted octanol–water partition coefficient (Wildman–Crippen LogP) is 1.47. The van der Waals surface area contributed by atoms with Gasteiger partial charge < -0.3 is 10.2 Å². The zero-order valence-electron chi connectivity index (χ0n) is 8.80. The van der Waals surface area contributed by atoms with Crippen LogP contribution in [0.3, 0.4) is 0 Å². The largest absolute Gasteiger partial charge is 0.310 e. The molecule has 0 saturated carbocycles. The van der Waals surface area contributed by atoms with Gasteiger partial charge in [0.2, 0.25) is 0 Å². The van der Waals surface area contributed by atoms with Gasteiger partial charge in [0.05, 0.1) is 0 Å². The zero-order valence-corrected chi connectivity index (χ0v) is 8.80. The SMILES string of the molecule is CC1CCC(CN(C)C(C)C)N1. The molecule has 2 nitrogen and oxygen atoms in total. The summed E-state index contributed by atoms with van der Waals surface area (Å²) < 4.78 is 0. The molecule has 0 aromatic heterocycles. The van der Waals surface area contributed by atoms with Gasteiger partial charge in [0.25, 0.3) is 0 Å². The minimum absolute atomic E-state index is 0.669. The van der Waals surface area contributed by atoms with Crippen LogP contribution in [0.1, 0.15) is 33.6 Å². The molecule has 0 spiro atoms. The highest BCUT2D eigenvalue weighted by molar-refractivity contribution is 4.82. The van der Waals surface area contributed by atoms with Gasteiger partial charge in [0.1, 0.15) is 0 Å². The molecular weight excluding hydrogens is 148 g/mol. The maximum Gasteiger partial charge on any atom is 0.0198 e. The molecule has 1 saturated heterocycles. The van der Waals surface area contributed by atoms with Crippen LogP contribution in [0.5, 0.6) is 0 Å². The highest BCUT2D eigenvalue weighted by Gasteiger charge is 2.21. The maximum absolute atomic E-state index is 3.60. The Bertz CT molecular complexity index is 134. The molecular formula is C10H22N2. The van der Waals surface area contributed by atoms with Crippen molar-refractivity contribution in [3.63, 3.8) is 0 Å². The molecule has 1 heterocycles. The van der Waals surface area contributed by atoms with Crippen LogP contribution in [0.4, 0.5) is 0 Å². The Morgan fingerprint density at radius 1 is 1.42 bits per heavy atom. The molecule has 0 aliphatic carbocycles. The van der Waals surface area contributed by atoms with Crippen LogP contribution in [0.2, 0.25) is 0 Å². The molecule has 1 aliphatic heterocycles. The lowest BCUT2D eigenvalue weighted by atomic mass is 10.2. The number of hydrogen-bond donors (Lipinski definition) is 1. The van der Waals surface area contributed by atoms with E-state index in [0.717, 1.165) is 12.1 Å². The monoisotopic (exact) mass is 170 g/mol. The lowest BCUT2D eigenvalue weighted by Gasteiger charge is -2.24. The van der Waals surface area contributed by atoms with Gasteiger partial charge in [0, 0.05) is 24.7 Å². The number of rotatable bonds is 3. The fourth-order valence-electron chi connectivity index (χ4n) is 1.72. The van der Waals surface area contributed by atoms with E-state index in [1.165, 1.54) is 19.4 Å². The van der Waals surface area contributed by atoms with Crippen molar-refractivity contribution >= 4 is 0 Å². The van der Waals surface area contributed by atoms with Crippen LogP contribution in [0.25, 0.3) is 0 Å². The predicted molar refractivity (Wildman–Crippen MR) is 53.4 cm³/mol. The molecule has 2 heteroatoms. The lowest BCUT2D eigenvalue weighted by Crippen LogP contribution is -2.40. The second-order valence-corrected chi connectivity index (χ2v) is 4.38. The summed E-state index contributed by atoms with van der Waals surface area (Å²) >= 11 is 0. The molecule has 2 unspecified atom stereocenters. The first-order valence-corrected chi connectivity index (χ1v) is 5.06. The third kappa shape index (κ3) is 2.76. The summed E-state index contributed by atoms with van der Waals surface area (Å²) in [7, 11) is 2.20. The summed E-state index contributed by atoms with van der Waals surface area (Å²) in [6, 6.07) is 2.13. The number of nitrogens with zero attached hydrogens (tertiary/aromatic N) is 1. The molecule has 1 rings (SSSR count). The Morgan fingerprint density at radius 3 is 2.50 bits per heavy atom. The van der Waals surface area contributed by atoms with E-state index in [2.05, 4.69) is 38.0 Å². The number of nitrogens with one attached hydrogen (secondary N) is 1. The van der Waals surface area contributed by atoms with Crippen molar-refractivity contribution in [3.05, 3.63) is 0 Å². The van der Waals surface area contributed by atoms with Gasteiger partial charge >= 0.3 is 0 Å². The molecule has 0 aromatic carbocycles. The van der Waals surface area contributed by atoms with Gasteiger partial charge in [-0.15, -0.1) is 0 Å². The third-order valence-electron chi connectivity index (χ3n) is 2.86. The van der Waals surface area contributed by atoms with Gasteiger partial charge in [-0.3, -0.25) is 0 Å². The van der Waals surface area contributed by atoms with Gasteiger partial charge in [-0.1, -0.05) is 0 Å². The van der Waals surface area contributed by atoms with Crippen molar-refractivity contribution in [2.45, 2.75) is 51.7 Å². The first-order valence-electron chi connectivity index (χ1n) is 5.06. The highest BCUT2D eigenvalue weighted by Crippen LogP contribution is 2.12. The van der Waals surface area contributed by atoms with Gasteiger partial charge in [-0.05, 0) is 40.7 Å². The Balaban J connectivity index is 2.23. The Hall–Kier alpha value is -0.0800. The average molecular weight is 170 g/mol. The zero-order chi connectivity index (χ0) is 9.14. The van der Waals surface area contributed by atoms with Crippen molar-refractivity contribution < 1.29 is 0 Å². The lowest BCUT2D eigenvalue weighted by molar-refractivity contribution is 0.247. The molecule has 2 atom stereocenters. The molecule has 1 fully saturated rings. The summed E-state index contributed by atoms with van der Waals surface area (Å²) in [5.74, 6) is 0. The van der Waals surface area contributed by atoms with Crippen LogP contribution in [0, 0.1) is 0 Å². The van der Waals surface area contributed by atoms with Crippen molar-refractivity contribution in [3.8, 4) is 0 Å². The normalized spacial score (nSPS) is 30.5.